The molecular weight excluding hydrogens is 374 g/mol. The first-order valence-electron chi connectivity index (χ1n) is 6.35. The van der Waals surface area contributed by atoms with Gasteiger partial charge in [-0.3, -0.25) is 4.79 Å². The van der Waals surface area contributed by atoms with Crippen molar-refractivity contribution in [3.63, 3.8) is 0 Å². The van der Waals surface area contributed by atoms with Crippen molar-refractivity contribution in [2.24, 2.45) is 0 Å². The van der Waals surface area contributed by atoms with Crippen LogP contribution < -0.4 is 5.32 Å². The normalized spacial score (nSPS) is 13.7. The number of carbonyl (C=O) groups is 1. The minimum Gasteiger partial charge on any atom is -0.375 e. The van der Waals surface area contributed by atoms with Gasteiger partial charge in [-0.2, -0.15) is 0 Å². The third-order valence-electron chi connectivity index (χ3n) is 3.13. The second-order valence-electron chi connectivity index (χ2n) is 4.58. The predicted octanol–water partition coefficient (Wildman–Crippen LogP) is 4.67. The highest BCUT2D eigenvalue weighted by Crippen LogP contribution is 2.25. The van der Waals surface area contributed by atoms with Gasteiger partial charge in [0.1, 0.15) is 6.10 Å². The van der Waals surface area contributed by atoms with Gasteiger partial charge >= 0.3 is 0 Å². The fraction of sp³-hybridized carbons (Fsp3) is 0.267. The van der Waals surface area contributed by atoms with Crippen molar-refractivity contribution in [1.29, 1.82) is 0 Å². The van der Waals surface area contributed by atoms with Crippen LogP contribution in [0.25, 0.3) is 0 Å². The number of carbonyl (C=O) groups excluding carboxylic acids is 1. The molecule has 0 fully saturated rings. The second kappa shape index (κ2) is 7.40. The first kappa shape index (κ1) is 16.5. The van der Waals surface area contributed by atoms with E-state index in [1.54, 1.807) is 13.2 Å². The summed E-state index contributed by atoms with van der Waals surface area (Å²) < 4.78 is 6.35. The summed E-state index contributed by atoms with van der Waals surface area (Å²) in [7, 11) is 1.63. The van der Waals surface area contributed by atoms with Crippen LogP contribution in [0.4, 0.5) is 0 Å². The van der Waals surface area contributed by atoms with Crippen molar-refractivity contribution in [2.45, 2.75) is 19.1 Å². The molecule has 1 aromatic heterocycles. The van der Waals surface area contributed by atoms with Crippen molar-refractivity contribution in [3.8, 4) is 0 Å². The third kappa shape index (κ3) is 4.07. The van der Waals surface area contributed by atoms with E-state index in [1.807, 2.05) is 36.6 Å². The molecule has 0 aliphatic heterocycles. The lowest BCUT2D eigenvalue weighted by molar-refractivity contribution is 0.0645. The standard InChI is InChI=1S/C15H15BrClNO2S/c1-9(18-15(19)12-7-8-21-14(12)16)13(20-2)10-3-5-11(17)6-4-10/h3-9,13H,1-2H3,(H,18,19)/t9-,13+/m1/s1. The molecule has 6 heteroatoms. The van der Waals surface area contributed by atoms with E-state index in [2.05, 4.69) is 21.2 Å². The van der Waals surface area contributed by atoms with Crippen LogP contribution in [-0.2, 0) is 4.74 Å². The SMILES string of the molecule is CO[C@H](c1ccc(Cl)cc1)[C@@H](C)NC(=O)c1ccsc1Br. The van der Waals surface area contributed by atoms with Gasteiger partial charge in [0.05, 0.1) is 15.4 Å². The molecule has 112 valence electrons. The number of nitrogens with one attached hydrogen (secondary N) is 1. The van der Waals surface area contributed by atoms with Crippen molar-refractivity contribution in [1.82, 2.24) is 5.32 Å². The fourth-order valence-corrected chi connectivity index (χ4v) is 3.47. The van der Waals surface area contributed by atoms with E-state index < -0.39 is 0 Å². The van der Waals surface area contributed by atoms with Gasteiger partial charge in [-0.05, 0) is 52.0 Å². The summed E-state index contributed by atoms with van der Waals surface area (Å²) in [6.45, 7) is 1.92. The number of thiophene rings is 1. The molecule has 0 saturated heterocycles. The third-order valence-corrected chi connectivity index (χ3v) is 5.07. The monoisotopic (exact) mass is 387 g/mol. The van der Waals surface area contributed by atoms with Crippen molar-refractivity contribution >= 4 is 44.8 Å². The average molecular weight is 389 g/mol. The first-order valence-corrected chi connectivity index (χ1v) is 8.40. The largest absolute Gasteiger partial charge is 0.375 e. The molecule has 1 amide bonds. The van der Waals surface area contributed by atoms with Gasteiger partial charge in [-0.1, -0.05) is 23.7 Å². The Morgan fingerprint density at radius 2 is 2.00 bits per heavy atom. The van der Waals surface area contributed by atoms with E-state index in [0.717, 1.165) is 9.35 Å². The zero-order valence-electron chi connectivity index (χ0n) is 11.6. The van der Waals surface area contributed by atoms with Crippen LogP contribution in [0.5, 0.6) is 0 Å². The topological polar surface area (TPSA) is 38.3 Å². The maximum Gasteiger partial charge on any atom is 0.253 e. The smallest absolute Gasteiger partial charge is 0.253 e. The molecule has 21 heavy (non-hydrogen) atoms. The van der Waals surface area contributed by atoms with Crippen LogP contribution in [0.3, 0.4) is 0 Å². The molecule has 1 heterocycles. The van der Waals surface area contributed by atoms with Crippen LogP contribution in [0.1, 0.15) is 28.9 Å². The van der Waals surface area contributed by atoms with Crippen LogP contribution in [-0.4, -0.2) is 19.1 Å². The van der Waals surface area contributed by atoms with Gasteiger partial charge in [0.2, 0.25) is 0 Å². The summed E-state index contributed by atoms with van der Waals surface area (Å²) in [5.41, 5.74) is 1.61. The average Bonchev–Trinajstić information content (AvgIpc) is 2.88. The van der Waals surface area contributed by atoms with E-state index in [4.69, 9.17) is 16.3 Å². The molecule has 0 unspecified atom stereocenters. The van der Waals surface area contributed by atoms with Gasteiger partial charge in [-0.15, -0.1) is 11.3 Å². The number of benzene rings is 1. The summed E-state index contributed by atoms with van der Waals surface area (Å²) >= 11 is 10.8. The minimum absolute atomic E-state index is 0.119. The maximum absolute atomic E-state index is 12.2. The Hall–Kier alpha value is -0.880. The highest BCUT2D eigenvalue weighted by molar-refractivity contribution is 9.11. The molecule has 1 aromatic carbocycles. The molecule has 2 aromatic rings. The lowest BCUT2D eigenvalue weighted by Crippen LogP contribution is -2.37. The quantitative estimate of drug-likeness (QED) is 0.808. The van der Waals surface area contributed by atoms with E-state index in [1.165, 1.54) is 11.3 Å². The molecule has 3 nitrogen and oxygen atoms in total. The summed E-state index contributed by atoms with van der Waals surface area (Å²) in [5.74, 6) is -0.119. The summed E-state index contributed by atoms with van der Waals surface area (Å²) in [6.07, 6.45) is -0.233. The Labute approximate surface area is 141 Å². The number of hydrogen-bond acceptors (Lipinski definition) is 3. The highest BCUT2D eigenvalue weighted by Gasteiger charge is 2.22. The Bertz CT molecular complexity index is 614. The van der Waals surface area contributed by atoms with Crippen LogP contribution in [0.15, 0.2) is 39.5 Å². The Morgan fingerprint density at radius 1 is 1.33 bits per heavy atom. The van der Waals surface area contributed by atoms with E-state index in [9.17, 15) is 4.79 Å². The summed E-state index contributed by atoms with van der Waals surface area (Å²) in [5, 5.41) is 5.51. The molecule has 0 bridgehead atoms. The van der Waals surface area contributed by atoms with Crippen molar-refractivity contribution in [3.05, 3.63) is 55.6 Å². The van der Waals surface area contributed by atoms with Gasteiger partial charge in [0, 0.05) is 12.1 Å². The van der Waals surface area contributed by atoms with E-state index in [-0.39, 0.29) is 18.1 Å². The van der Waals surface area contributed by atoms with Crippen molar-refractivity contribution < 1.29 is 9.53 Å². The predicted molar refractivity (Wildman–Crippen MR) is 90.1 cm³/mol. The summed E-state index contributed by atoms with van der Waals surface area (Å²) in [4.78, 5) is 12.2. The number of hydrogen-bond donors (Lipinski definition) is 1. The second-order valence-corrected chi connectivity index (χ2v) is 7.25. The van der Waals surface area contributed by atoms with E-state index >= 15 is 0 Å². The Balaban J connectivity index is 2.10. The lowest BCUT2D eigenvalue weighted by atomic mass is 10.0. The fourth-order valence-electron chi connectivity index (χ4n) is 2.10. The lowest BCUT2D eigenvalue weighted by Gasteiger charge is -2.24. The zero-order valence-corrected chi connectivity index (χ0v) is 14.8. The Morgan fingerprint density at radius 3 is 2.52 bits per heavy atom. The maximum atomic E-state index is 12.2. The van der Waals surface area contributed by atoms with Gasteiger partial charge in [0.25, 0.3) is 5.91 Å². The number of ether oxygens (including phenoxy) is 1. The molecule has 0 radical (unpaired) electrons. The molecule has 1 N–H and O–H groups in total. The number of halogens is 2. The molecule has 2 atom stereocenters. The number of amides is 1. The number of methoxy groups -OCH3 is 1. The van der Waals surface area contributed by atoms with E-state index in [0.29, 0.717) is 10.6 Å². The highest BCUT2D eigenvalue weighted by atomic mass is 79.9. The van der Waals surface area contributed by atoms with Gasteiger partial charge < -0.3 is 10.1 Å². The molecular formula is C15H15BrClNO2S. The number of rotatable bonds is 5. The van der Waals surface area contributed by atoms with Gasteiger partial charge in [0.15, 0.2) is 0 Å². The van der Waals surface area contributed by atoms with Crippen LogP contribution in [0, 0.1) is 0 Å². The summed E-state index contributed by atoms with van der Waals surface area (Å²) in [6, 6.07) is 9.05. The van der Waals surface area contributed by atoms with Crippen LogP contribution in [0.2, 0.25) is 5.02 Å². The van der Waals surface area contributed by atoms with Gasteiger partial charge in [-0.25, -0.2) is 0 Å². The molecule has 0 aliphatic carbocycles. The molecule has 2 rings (SSSR count). The van der Waals surface area contributed by atoms with Crippen LogP contribution >= 0.6 is 38.9 Å². The molecule has 0 spiro atoms. The minimum atomic E-state index is -0.233. The van der Waals surface area contributed by atoms with Crippen molar-refractivity contribution in [2.75, 3.05) is 7.11 Å². The Kier molecular flexibility index (Phi) is 5.81. The first-order chi connectivity index (χ1) is 10.0. The zero-order chi connectivity index (χ0) is 15.4. The molecule has 0 saturated carbocycles. The molecule has 0 aliphatic rings.